The van der Waals surface area contributed by atoms with Crippen molar-refractivity contribution in [2.45, 2.75) is 585 Å². The van der Waals surface area contributed by atoms with Crippen LogP contribution in [0, 0.1) is 0 Å². The molecule has 1 aliphatic carbocycles. The lowest BCUT2D eigenvalue weighted by molar-refractivity contribution is -0.221. The highest BCUT2D eigenvalue weighted by molar-refractivity contribution is 5.81. The number of carbonyl (C=O) groups is 7. The van der Waals surface area contributed by atoms with Crippen LogP contribution in [-0.4, -0.2) is 123 Å². The first-order valence-corrected chi connectivity index (χ1v) is 57.5. The summed E-state index contributed by atoms with van der Waals surface area (Å²) in [6.45, 7) is 14.2. The number of esters is 7. The van der Waals surface area contributed by atoms with Gasteiger partial charge in [0.1, 0.15) is 30.5 Å². The third-order valence-electron chi connectivity index (χ3n) is 26.4. The maximum Gasteiger partial charge on any atom is 0.338 e. The Morgan fingerprint density at radius 3 is 0.759 bits per heavy atom. The summed E-state index contributed by atoms with van der Waals surface area (Å²) >= 11 is 0. The number of nitrogens with zero attached hydrogens (tertiary/aromatic N) is 1. The zero-order valence-corrected chi connectivity index (χ0v) is 90.0. The number of hydrogen-bond donors (Lipinski definition) is 0. The van der Waals surface area contributed by atoms with E-state index in [-0.39, 0.29) is 74.9 Å². The SMILES string of the molecule is CCCCC/C=C\C/C=C\CCCCCCCC(=O)OC(C/C=C\CCCCCCCC(=O)OC1[C@H](OC(=O)CCCCCCC/C=C\CC(CCCCCC)OC(=O)CCCCCCC/C=C\C/C=C\CCCCC)CC(OC)(C(=O)OCCCN(C)C)C[C@H]1OC(=O)CCCCCCC/C=C\CC(CCCCCC)OC(=O)CCCCCCC/C=C\C/C=C\CCCCC)CCCCCC. The van der Waals surface area contributed by atoms with Gasteiger partial charge in [-0.3, -0.25) is 28.8 Å². The number of methoxy groups -OCH3 is 1. The highest BCUT2D eigenvalue weighted by Gasteiger charge is 2.56. The summed E-state index contributed by atoms with van der Waals surface area (Å²) in [5.74, 6) is -2.38. The van der Waals surface area contributed by atoms with Crippen molar-refractivity contribution in [1.29, 1.82) is 0 Å². The fourth-order valence-electron chi connectivity index (χ4n) is 17.7. The Morgan fingerprint density at radius 1 is 0.270 bits per heavy atom. The molecular weight excluding hydrogens is 1710 g/mol. The van der Waals surface area contributed by atoms with Crippen LogP contribution in [0.3, 0.4) is 0 Å². The highest BCUT2D eigenvalue weighted by Crippen LogP contribution is 2.39. The highest BCUT2D eigenvalue weighted by atomic mass is 16.6. The zero-order valence-electron chi connectivity index (χ0n) is 90.0. The minimum absolute atomic E-state index is 0.0780. The first-order chi connectivity index (χ1) is 67.1. The Labute approximate surface area is 841 Å². The van der Waals surface area contributed by atoms with Gasteiger partial charge in [0.05, 0.1) is 6.61 Å². The van der Waals surface area contributed by atoms with Crippen LogP contribution in [0.15, 0.2) is 109 Å². The molecule has 1 saturated carbocycles. The molecule has 0 aromatic rings. The molecule has 3 unspecified atom stereocenters. The minimum atomic E-state index is -1.68. The Morgan fingerprint density at radius 2 is 0.496 bits per heavy atom. The van der Waals surface area contributed by atoms with Gasteiger partial charge >= 0.3 is 41.8 Å². The molecular formula is C121H211NO15. The van der Waals surface area contributed by atoms with Crippen LogP contribution in [0.25, 0.3) is 0 Å². The first-order valence-electron chi connectivity index (χ1n) is 57.5. The van der Waals surface area contributed by atoms with Crippen molar-refractivity contribution in [3.8, 4) is 0 Å². The van der Waals surface area contributed by atoms with E-state index in [1.165, 1.54) is 142 Å². The fraction of sp³-hybridized carbons (Fsp3) is 0.793. The van der Waals surface area contributed by atoms with Crippen LogP contribution in [0.5, 0.6) is 0 Å². The van der Waals surface area contributed by atoms with Crippen molar-refractivity contribution in [2.24, 2.45) is 0 Å². The molecule has 1 rings (SSSR count). The van der Waals surface area contributed by atoms with E-state index in [1.807, 2.05) is 19.0 Å². The molecule has 16 nitrogen and oxygen atoms in total. The van der Waals surface area contributed by atoms with Crippen LogP contribution < -0.4 is 0 Å². The average Bonchev–Trinajstić information content (AvgIpc) is 0.767. The van der Waals surface area contributed by atoms with Crippen LogP contribution >= 0.6 is 0 Å². The summed E-state index contributed by atoms with van der Waals surface area (Å²) < 4.78 is 49.4. The van der Waals surface area contributed by atoms with Crippen molar-refractivity contribution < 1.29 is 71.5 Å². The predicted octanol–water partition coefficient (Wildman–Crippen LogP) is 34.5. The molecule has 1 fully saturated rings. The quantitative estimate of drug-likeness (QED) is 0.0241. The summed E-state index contributed by atoms with van der Waals surface area (Å²) in [5, 5.41) is 0. The molecule has 0 saturated heterocycles. The smallest absolute Gasteiger partial charge is 0.338 e. The number of allylic oxidation sites excluding steroid dienone is 15. The maximum absolute atomic E-state index is 14.5. The number of carbonyl (C=O) groups excluding carboxylic acids is 7. The molecule has 0 heterocycles. The van der Waals surface area contributed by atoms with Gasteiger partial charge in [0, 0.05) is 84.3 Å². The second kappa shape index (κ2) is 98.6. The lowest BCUT2D eigenvalue weighted by atomic mass is 9.78. The minimum Gasteiger partial charge on any atom is -0.464 e. The topological polar surface area (TPSA) is 197 Å². The third-order valence-corrected chi connectivity index (χ3v) is 26.4. The van der Waals surface area contributed by atoms with Crippen LogP contribution in [-0.2, 0) is 71.5 Å². The van der Waals surface area contributed by atoms with Gasteiger partial charge in [-0.1, -0.05) is 363 Å². The lowest BCUT2D eigenvalue weighted by Gasteiger charge is -2.44. The van der Waals surface area contributed by atoms with Crippen molar-refractivity contribution >= 4 is 41.8 Å². The number of rotatable bonds is 99. The molecule has 137 heavy (non-hydrogen) atoms. The number of hydrogen-bond acceptors (Lipinski definition) is 16. The van der Waals surface area contributed by atoms with Gasteiger partial charge in [-0.25, -0.2) is 4.79 Å². The van der Waals surface area contributed by atoms with E-state index in [1.54, 1.807) is 0 Å². The van der Waals surface area contributed by atoms with E-state index in [0.29, 0.717) is 51.5 Å². The normalized spacial score (nSPS) is 16.1. The lowest BCUT2D eigenvalue weighted by Crippen LogP contribution is -2.60. The molecule has 0 amide bonds. The molecule has 0 radical (unpaired) electrons. The fourth-order valence-corrected chi connectivity index (χ4v) is 17.7. The Balaban J connectivity index is 3.13. The maximum atomic E-state index is 14.5. The second-order valence-electron chi connectivity index (χ2n) is 39.8. The summed E-state index contributed by atoms with van der Waals surface area (Å²) in [6.07, 6.45) is 111. The third kappa shape index (κ3) is 83.1. The Bertz CT molecular complexity index is 2980. The molecule has 0 aromatic carbocycles. The largest absolute Gasteiger partial charge is 0.464 e. The van der Waals surface area contributed by atoms with E-state index in [0.717, 1.165) is 289 Å². The van der Waals surface area contributed by atoms with Gasteiger partial charge in [0.25, 0.3) is 0 Å². The summed E-state index contributed by atoms with van der Waals surface area (Å²) in [6, 6.07) is 0. The van der Waals surface area contributed by atoms with Crippen LogP contribution in [0.4, 0.5) is 0 Å². The van der Waals surface area contributed by atoms with Gasteiger partial charge in [0.15, 0.2) is 11.7 Å². The van der Waals surface area contributed by atoms with Crippen molar-refractivity contribution in [2.75, 3.05) is 34.4 Å². The monoisotopic (exact) mass is 1920 g/mol. The molecule has 0 aliphatic heterocycles. The van der Waals surface area contributed by atoms with E-state index < -0.39 is 47.8 Å². The van der Waals surface area contributed by atoms with Crippen molar-refractivity contribution in [3.63, 3.8) is 0 Å². The van der Waals surface area contributed by atoms with Crippen molar-refractivity contribution in [3.05, 3.63) is 109 Å². The molecule has 0 spiro atoms. The molecule has 0 bridgehead atoms. The standard InChI is InChI=1S/C121H211NO15/c1-10-16-22-28-31-34-37-40-43-46-49-52-64-73-85-98-113(123)132-108(92-79-25-19-13-4)95-82-70-61-55-58-67-76-88-101-116(126)135-111-106-121(130-9,120(129)131-105-91-104-122(7)8)107-112(136-117(127)102-89-77-68-59-56-62-71-83-96-109(93-80-26-20-14-5)133-114(124)99-86-74-65-53-50-47-44-41-38-35-32-29-23-17-11-2)119(111)137-118(128)103-90-78-69-60-57-63-72-84-97-110(94-81-27-21-15-6)134-115(125)100-87-75-66-54-51-48-45-42-39-36-33-30-24-18-12-3/h31-36,40-45,70-72,82-84,108-112,119H,10-30,37-39,46-69,73-81,85-107H2,1-9H3/b34-31-,35-32-,36-33-,43-40-,44-41-,45-42-,82-70-,83-71-,84-72-/t108?,109?,110?,111-,112-,119?,121?/m1/s1. The van der Waals surface area contributed by atoms with Crippen LogP contribution in [0.1, 0.15) is 542 Å². The molecule has 0 N–H and O–H groups in total. The van der Waals surface area contributed by atoms with Gasteiger partial charge in [-0.15, -0.1) is 0 Å². The Kier molecular flexibility index (Phi) is 92.8. The molecule has 16 heteroatoms. The number of unbranched alkanes of at least 4 members (excludes halogenated alkanes) is 48. The van der Waals surface area contributed by atoms with Crippen LogP contribution in [0.2, 0.25) is 0 Å². The molecule has 790 valence electrons. The van der Waals surface area contributed by atoms with E-state index in [9.17, 15) is 33.6 Å². The zero-order chi connectivity index (χ0) is 99.5. The van der Waals surface area contributed by atoms with Gasteiger partial charge in [0.2, 0.25) is 0 Å². The Hall–Kier alpha value is -6.13. The summed E-state index contributed by atoms with van der Waals surface area (Å²) in [4.78, 5) is 98.3. The summed E-state index contributed by atoms with van der Waals surface area (Å²) in [5.41, 5.74) is -1.68. The summed E-state index contributed by atoms with van der Waals surface area (Å²) in [7, 11) is 5.33. The van der Waals surface area contributed by atoms with E-state index in [2.05, 4.69) is 151 Å². The predicted molar refractivity (Wildman–Crippen MR) is 575 cm³/mol. The molecule has 0 aromatic heterocycles. The van der Waals surface area contributed by atoms with Crippen molar-refractivity contribution in [1.82, 2.24) is 4.90 Å². The van der Waals surface area contributed by atoms with Gasteiger partial charge < -0.3 is 42.8 Å². The van der Waals surface area contributed by atoms with E-state index in [4.69, 9.17) is 37.9 Å². The second-order valence-corrected chi connectivity index (χ2v) is 39.8. The molecule has 5 atom stereocenters. The first kappa shape index (κ1) is 129. The average molecular weight is 1920 g/mol. The number of ether oxygens (including phenoxy) is 8. The molecule has 1 aliphatic rings. The van der Waals surface area contributed by atoms with E-state index >= 15 is 0 Å². The van der Waals surface area contributed by atoms with Gasteiger partial charge in [-0.2, -0.15) is 0 Å². The van der Waals surface area contributed by atoms with Gasteiger partial charge in [-0.05, 0) is 232 Å².